The van der Waals surface area contributed by atoms with Crippen LogP contribution < -0.4 is 0 Å². The predicted octanol–water partition coefficient (Wildman–Crippen LogP) is 3.01. The smallest absolute Gasteiger partial charge is 0.309 e. The second-order valence-electron chi connectivity index (χ2n) is 11.8. The van der Waals surface area contributed by atoms with Crippen LogP contribution in [-0.4, -0.2) is 45.6 Å². The van der Waals surface area contributed by atoms with E-state index in [4.69, 9.17) is 4.74 Å². The van der Waals surface area contributed by atoms with E-state index in [2.05, 4.69) is 6.08 Å². The first kappa shape index (κ1) is 23.0. The largest absolute Gasteiger partial charge is 0.459 e. The Morgan fingerprint density at radius 1 is 1.15 bits per heavy atom. The fourth-order valence-corrected chi connectivity index (χ4v) is 7.96. The van der Waals surface area contributed by atoms with E-state index in [1.54, 1.807) is 13.0 Å². The third kappa shape index (κ3) is 3.16. The summed E-state index contributed by atoms with van der Waals surface area (Å²) in [6, 6.07) is 0. The zero-order valence-corrected chi connectivity index (χ0v) is 20.0. The number of esters is 1. The van der Waals surface area contributed by atoms with E-state index in [0.717, 1.165) is 18.4 Å². The van der Waals surface area contributed by atoms with E-state index in [1.165, 1.54) is 0 Å². The average Bonchev–Trinajstić information content (AvgIpc) is 3.11. The summed E-state index contributed by atoms with van der Waals surface area (Å²) in [5.74, 6) is -1.65. The standard InChI is InChI=1S/C27H36O6/c1-13-10-22(33-25(31)14(13)2)27(4,32)24-20(29)11-17-16-9-8-15-6-5-7-21(30)26(15,3)18(16)12-19(28)23(17)24/h5,7-8,13-14,16-18,20,22-24,29,32H,6,9-12H2,1-4H3. The highest BCUT2D eigenvalue weighted by atomic mass is 16.6. The quantitative estimate of drug-likeness (QED) is 0.489. The number of aliphatic hydroxyl groups is 2. The van der Waals surface area contributed by atoms with Gasteiger partial charge >= 0.3 is 5.97 Å². The van der Waals surface area contributed by atoms with E-state index in [1.807, 2.05) is 26.8 Å². The van der Waals surface area contributed by atoms with Gasteiger partial charge in [-0.2, -0.15) is 0 Å². The second-order valence-corrected chi connectivity index (χ2v) is 11.8. The van der Waals surface area contributed by atoms with Crippen molar-refractivity contribution in [1.82, 2.24) is 0 Å². The Labute approximate surface area is 195 Å². The van der Waals surface area contributed by atoms with Crippen molar-refractivity contribution < 1.29 is 29.3 Å². The molecule has 6 nitrogen and oxygen atoms in total. The van der Waals surface area contributed by atoms with Crippen LogP contribution in [0.2, 0.25) is 0 Å². The molecule has 3 fully saturated rings. The minimum absolute atomic E-state index is 0.0245. The molecule has 180 valence electrons. The number of ether oxygens (including phenoxy) is 1. The molecule has 0 aromatic carbocycles. The summed E-state index contributed by atoms with van der Waals surface area (Å²) in [6.45, 7) is 7.41. The lowest BCUT2D eigenvalue weighted by Crippen LogP contribution is -2.58. The van der Waals surface area contributed by atoms with E-state index in [9.17, 15) is 24.6 Å². The average molecular weight is 457 g/mol. The van der Waals surface area contributed by atoms with Gasteiger partial charge in [0.05, 0.1) is 17.4 Å². The molecule has 0 spiro atoms. The number of cyclic esters (lactones) is 1. The van der Waals surface area contributed by atoms with Gasteiger partial charge in [-0.15, -0.1) is 0 Å². The molecule has 6 heteroatoms. The first-order valence-electron chi connectivity index (χ1n) is 12.5. The van der Waals surface area contributed by atoms with Crippen LogP contribution in [0.3, 0.4) is 0 Å². The van der Waals surface area contributed by atoms with Gasteiger partial charge in [0.15, 0.2) is 5.78 Å². The minimum Gasteiger partial charge on any atom is -0.459 e. The third-order valence-corrected chi connectivity index (χ3v) is 10.2. The number of hydrogen-bond donors (Lipinski definition) is 2. The van der Waals surface area contributed by atoms with Crippen LogP contribution in [0.15, 0.2) is 23.8 Å². The van der Waals surface area contributed by atoms with Gasteiger partial charge in [0.25, 0.3) is 0 Å². The predicted molar refractivity (Wildman–Crippen MR) is 121 cm³/mol. The Balaban J connectivity index is 1.46. The van der Waals surface area contributed by atoms with E-state index >= 15 is 0 Å². The zero-order valence-electron chi connectivity index (χ0n) is 20.0. The topological polar surface area (TPSA) is 101 Å². The zero-order chi connectivity index (χ0) is 23.9. The molecule has 1 saturated heterocycles. The lowest BCUT2D eigenvalue weighted by Gasteiger charge is -2.53. The van der Waals surface area contributed by atoms with Crippen LogP contribution in [0.4, 0.5) is 0 Å². The molecule has 2 saturated carbocycles. The van der Waals surface area contributed by atoms with E-state index in [-0.39, 0.29) is 53.5 Å². The molecular formula is C27H36O6. The van der Waals surface area contributed by atoms with Crippen molar-refractivity contribution in [3.05, 3.63) is 23.8 Å². The SMILES string of the molecule is CC1CC(C(C)(O)C2C(O)CC3C4CC=C5CC=CC(=O)C5(C)C4CC(=O)C32)OC(=O)C1C. The van der Waals surface area contributed by atoms with Crippen molar-refractivity contribution in [3.8, 4) is 0 Å². The molecule has 0 radical (unpaired) electrons. The van der Waals surface area contributed by atoms with Crippen LogP contribution in [-0.2, 0) is 19.1 Å². The summed E-state index contributed by atoms with van der Waals surface area (Å²) < 4.78 is 5.64. The molecular weight excluding hydrogens is 420 g/mol. The molecule has 5 rings (SSSR count). The molecule has 0 bridgehead atoms. The van der Waals surface area contributed by atoms with E-state index < -0.39 is 35.1 Å². The first-order chi connectivity index (χ1) is 15.5. The lowest BCUT2D eigenvalue weighted by molar-refractivity contribution is -0.199. The maximum atomic E-state index is 13.6. The van der Waals surface area contributed by atoms with E-state index in [0.29, 0.717) is 12.8 Å². The minimum atomic E-state index is -1.51. The highest BCUT2D eigenvalue weighted by Gasteiger charge is 2.64. The third-order valence-electron chi connectivity index (χ3n) is 10.2. The van der Waals surface area contributed by atoms with Crippen molar-refractivity contribution in [3.63, 3.8) is 0 Å². The highest BCUT2D eigenvalue weighted by Crippen LogP contribution is 2.61. The van der Waals surface area contributed by atoms with Crippen LogP contribution in [0.25, 0.3) is 0 Å². The number of hydrogen-bond acceptors (Lipinski definition) is 6. The molecule has 2 N–H and O–H groups in total. The Kier molecular flexibility index (Phi) is 5.30. The second kappa shape index (κ2) is 7.61. The van der Waals surface area contributed by atoms with Crippen molar-refractivity contribution in [2.45, 2.75) is 77.6 Å². The Morgan fingerprint density at radius 2 is 1.88 bits per heavy atom. The Morgan fingerprint density at radius 3 is 2.58 bits per heavy atom. The van der Waals surface area contributed by atoms with Crippen molar-refractivity contribution in [2.24, 2.45) is 46.8 Å². The number of rotatable bonds is 2. The molecule has 0 aromatic heterocycles. The summed E-state index contributed by atoms with van der Waals surface area (Å²) in [7, 11) is 0. The molecule has 5 aliphatic rings. The number of fused-ring (bicyclic) bond motifs is 5. The Bertz CT molecular complexity index is 946. The Hall–Kier alpha value is -1.79. The van der Waals surface area contributed by atoms with Crippen LogP contribution in [0.1, 0.15) is 59.8 Å². The molecule has 4 aliphatic carbocycles. The summed E-state index contributed by atoms with van der Waals surface area (Å²) in [5, 5.41) is 22.9. The number of ketones is 2. The number of Topliss-reactive ketones (excluding diaryl/α,β-unsaturated/α-hetero) is 1. The van der Waals surface area contributed by atoms with Crippen LogP contribution >= 0.6 is 0 Å². The number of carbonyl (C=O) groups excluding carboxylic acids is 3. The van der Waals surface area contributed by atoms with Crippen LogP contribution in [0, 0.1) is 46.8 Å². The summed E-state index contributed by atoms with van der Waals surface area (Å²) in [5.41, 5.74) is -1.05. The van der Waals surface area contributed by atoms with Crippen LogP contribution in [0.5, 0.6) is 0 Å². The fraction of sp³-hybridized carbons (Fsp3) is 0.741. The van der Waals surface area contributed by atoms with Crippen molar-refractivity contribution in [2.75, 3.05) is 0 Å². The molecule has 1 aliphatic heterocycles. The number of carbonyl (C=O) groups is 3. The molecule has 11 atom stereocenters. The molecule has 0 amide bonds. The summed E-state index contributed by atoms with van der Waals surface area (Å²) in [6.07, 6.45) is 6.90. The molecule has 11 unspecified atom stereocenters. The summed E-state index contributed by atoms with van der Waals surface area (Å²) in [4.78, 5) is 39.0. The lowest BCUT2D eigenvalue weighted by atomic mass is 9.50. The van der Waals surface area contributed by atoms with Gasteiger partial charge in [-0.3, -0.25) is 14.4 Å². The summed E-state index contributed by atoms with van der Waals surface area (Å²) >= 11 is 0. The molecule has 0 aromatic rings. The van der Waals surface area contributed by atoms with Gasteiger partial charge in [0.1, 0.15) is 17.5 Å². The van der Waals surface area contributed by atoms with Gasteiger partial charge in [-0.25, -0.2) is 0 Å². The fourth-order valence-electron chi connectivity index (χ4n) is 7.96. The monoisotopic (exact) mass is 456 g/mol. The maximum absolute atomic E-state index is 13.6. The van der Waals surface area contributed by atoms with Crippen molar-refractivity contribution in [1.29, 1.82) is 0 Å². The normalized spacial score (nSPS) is 48.8. The van der Waals surface area contributed by atoms with Gasteiger partial charge in [0.2, 0.25) is 0 Å². The molecule has 33 heavy (non-hydrogen) atoms. The van der Waals surface area contributed by atoms with Gasteiger partial charge in [0, 0.05) is 18.3 Å². The van der Waals surface area contributed by atoms with Gasteiger partial charge in [-0.05, 0) is 69.3 Å². The number of aliphatic hydroxyl groups excluding tert-OH is 1. The van der Waals surface area contributed by atoms with Gasteiger partial charge < -0.3 is 14.9 Å². The first-order valence-corrected chi connectivity index (χ1v) is 12.5. The van der Waals surface area contributed by atoms with Crippen molar-refractivity contribution >= 4 is 17.5 Å². The highest BCUT2D eigenvalue weighted by molar-refractivity contribution is 5.99. The molecule has 1 heterocycles. The maximum Gasteiger partial charge on any atom is 0.309 e. The number of allylic oxidation sites excluding steroid dienone is 4. The van der Waals surface area contributed by atoms with Gasteiger partial charge in [-0.1, -0.05) is 31.6 Å².